The van der Waals surface area contributed by atoms with Gasteiger partial charge in [0.15, 0.2) is 0 Å². The van der Waals surface area contributed by atoms with Crippen molar-refractivity contribution in [3.05, 3.63) is 46.7 Å². The molecule has 5 nitrogen and oxygen atoms in total. The fraction of sp³-hybridized carbons (Fsp3) is 0.182. The van der Waals surface area contributed by atoms with Crippen molar-refractivity contribution in [2.45, 2.75) is 6.54 Å². The lowest BCUT2D eigenvalue weighted by Crippen LogP contribution is -2.27. The third-order valence-corrected chi connectivity index (χ3v) is 2.91. The van der Waals surface area contributed by atoms with Gasteiger partial charge in [-0.05, 0) is 28.1 Å². The van der Waals surface area contributed by atoms with Crippen LogP contribution in [0.3, 0.4) is 0 Å². The number of carbonyl (C=O) groups excluding carboxylic acids is 1. The number of carbonyl (C=O) groups is 1. The second-order valence-corrected chi connectivity index (χ2v) is 4.26. The van der Waals surface area contributed by atoms with Crippen LogP contribution in [0.2, 0.25) is 0 Å². The number of rotatable bonds is 4. The van der Waals surface area contributed by atoms with Gasteiger partial charge in [-0.2, -0.15) is 0 Å². The maximum absolute atomic E-state index is 11.8. The molecule has 0 fully saturated rings. The summed E-state index contributed by atoms with van der Waals surface area (Å²) in [6, 6.07) is 7.31. The molecule has 1 N–H and O–H groups in total. The molecule has 1 aromatic heterocycles. The van der Waals surface area contributed by atoms with Crippen LogP contribution in [0, 0.1) is 0 Å². The van der Waals surface area contributed by atoms with Crippen molar-refractivity contribution in [2.24, 2.45) is 0 Å². The van der Waals surface area contributed by atoms with E-state index in [-0.39, 0.29) is 5.91 Å². The van der Waals surface area contributed by atoms with Gasteiger partial charge in [-0.15, -0.1) is 5.10 Å². The number of nitrogens with zero attached hydrogens (tertiary/aromatic N) is 3. The SMILES string of the molecule is O=C(NCCn1ccnn1)c1ccccc1Br. The summed E-state index contributed by atoms with van der Waals surface area (Å²) in [6.07, 6.45) is 3.36. The molecule has 1 heterocycles. The molecule has 17 heavy (non-hydrogen) atoms. The van der Waals surface area contributed by atoms with Gasteiger partial charge >= 0.3 is 0 Å². The molecule has 6 heteroatoms. The highest BCUT2D eigenvalue weighted by Crippen LogP contribution is 2.15. The minimum atomic E-state index is -0.0995. The third-order valence-electron chi connectivity index (χ3n) is 2.22. The highest BCUT2D eigenvalue weighted by Gasteiger charge is 2.07. The first kappa shape index (κ1) is 11.8. The Morgan fingerprint density at radius 1 is 1.41 bits per heavy atom. The zero-order chi connectivity index (χ0) is 12.1. The molecular weight excluding hydrogens is 284 g/mol. The molecule has 0 aliphatic carbocycles. The summed E-state index contributed by atoms with van der Waals surface area (Å²) in [5.74, 6) is -0.0995. The Labute approximate surface area is 107 Å². The fourth-order valence-electron chi connectivity index (χ4n) is 1.38. The van der Waals surface area contributed by atoms with Crippen LogP contribution in [-0.2, 0) is 6.54 Å². The second-order valence-electron chi connectivity index (χ2n) is 3.40. The summed E-state index contributed by atoms with van der Waals surface area (Å²) in [5.41, 5.74) is 0.631. The molecule has 0 saturated carbocycles. The lowest BCUT2D eigenvalue weighted by Gasteiger charge is -2.06. The first-order valence-electron chi connectivity index (χ1n) is 5.14. The molecule has 0 radical (unpaired) electrons. The Hall–Kier alpha value is -1.69. The van der Waals surface area contributed by atoms with E-state index >= 15 is 0 Å². The maximum atomic E-state index is 11.8. The number of hydrogen-bond acceptors (Lipinski definition) is 3. The summed E-state index contributed by atoms with van der Waals surface area (Å²) in [6.45, 7) is 1.12. The number of halogens is 1. The number of hydrogen-bond donors (Lipinski definition) is 1. The second kappa shape index (κ2) is 5.58. The number of nitrogens with one attached hydrogen (secondary N) is 1. The molecule has 1 aromatic carbocycles. The van der Waals surface area contributed by atoms with Crippen molar-refractivity contribution in [1.29, 1.82) is 0 Å². The summed E-state index contributed by atoms with van der Waals surface area (Å²) >= 11 is 3.34. The van der Waals surface area contributed by atoms with Gasteiger partial charge in [0.2, 0.25) is 0 Å². The van der Waals surface area contributed by atoms with Crippen molar-refractivity contribution in [1.82, 2.24) is 20.3 Å². The molecule has 0 aliphatic rings. The van der Waals surface area contributed by atoms with Gasteiger partial charge in [-0.25, -0.2) is 0 Å². The average molecular weight is 295 g/mol. The van der Waals surface area contributed by atoms with Crippen LogP contribution in [-0.4, -0.2) is 27.4 Å². The maximum Gasteiger partial charge on any atom is 0.252 e. The molecule has 2 rings (SSSR count). The van der Waals surface area contributed by atoms with Crippen molar-refractivity contribution in [3.8, 4) is 0 Å². The Balaban J connectivity index is 1.88. The van der Waals surface area contributed by atoms with Gasteiger partial charge in [-0.3, -0.25) is 9.48 Å². The van der Waals surface area contributed by atoms with Gasteiger partial charge in [0.1, 0.15) is 0 Å². The van der Waals surface area contributed by atoms with Crippen molar-refractivity contribution >= 4 is 21.8 Å². The Morgan fingerprint density at radius 3 is 2.94 bits per heavy atom. The van der Waals surface area contributed by atoms with E-state index < -0.39 is 0 Å². The van der Waals surface area contributed by atoms with Crippen LogP contribution in [0.4, 0.5) is 0 Å². The van der Waals surface area contributed by atoms with Gasteiger partial charge < -0.3 is 5.32 Å². The molecular formula is C11H11BrN4O. The molecule has 2 aromatic rings. The standard InChI is InChI=1S/C11H11BrN4O/c12-10-4-2-1-3-9(10)11(17)13-5-7-16-8-6-14-15-16/h1-4,6,8H,5,7H2,(H,13,17). The van der Waals surface area contributed by atoms with E-state index in [0.717, 1.165) is 4.47 Å². The van der Waals surface area contributed by atoms with E-state index in [4.69, 9.17) is 0 Å². The molecule has 0 unspecified atom stereocenters. The van der Waals surface area contributed by atoms with Crippen LogP contribution < -0.4 is 5.32 Å². The van der Waals surface area contributed by atoms with Gasteiger partial charge in [-0.1, -0.05) is 17.3 Å². The van der Waals surface area contributed by atoms with Crippen molar-refractivity contribution in [2.75, 3.05) is 6.54 Å². The Morgan fingerprint density at radius 2 is 2.24 bits per heavy atom. The summed E-state index contributed by atoms with van der Waals surface area (Å²) in [4.78, 5) is 11.8. The molecule has 88 valence electrons. The van der Waals surface area contributed by atoms with Gasteiger partial charge in [0.05, 0.1) is 18.3 Å². The minimum absolute atomic E-state index is 0.0995. The minimum Gasteiger partial charge on any atom is -0.350 e. The Kier molecular flexibility index (Phi) is 3.87. The predicted molar refractivity (Wildman–Crippen MR) is 66.5 cm³/mol. The number of benzene rings is 1. The summed E-state index contributed by atoms with van der Waals surface area (Å²) in [7, 11) is 0. The largest absolute Gasteiger partial charge is 0.350 e. The monoisotopic (exact) mass is 294 g/mol. The molecule has 0 aliphatic heterocycles. The van der Waals surface area contributed by atoms with E-state index in [1.807, 2.05) is 18.2 Å². The fourth-order valence-corrected chi connectivity index (χ4v) is 1.84. The first-order valence-corrected chi connectivity index (χ1v) is 5.93. The zero-order valence-electron chi connectivity index (χ0n) is 9.01. The van der Waals surface area contributed by atoms with E-state index in [2.05, 4.69) is 31.6 Å². The van der Waals surface area contributed by atoms with E-state index in [9.17, 15) is 4.79 Å². The molecule has 1 amide bonds. The zero-order valence-corrected chi connectivity index (χ0v) is 10.6. The van der Waals surface area contributed by atoms with Crippen molar-refractivity contribution < 1.29 is 4.79 Å². The normalized spacial score (nSPS) is 10.2. The first-order chi connectivity index (χ1) is 8.27. The van der Waals surface area contributed by atoms with Crippen LogP contribution in [0.1, 0.15) is 10.4 Å². The predicted octanol–water partition coefficient (Wildman–Crippen LogP) is 1.47. The highest BCUT2D eigenvalue weighted by atomic mass is 79.9. The number of aromatic nitrogens is 3. The lowest BCUT2D eigenvalue weighted by atomic mass is 10.2. The summed E-state index contributed by atoms with van der Waals surface area (Å²) < 4.78 is 2.46. The van der Waals surface area contributed by atoms with Crippen LogP contribution >= 0.6 is 15.9 Å². The number of amides is 1. The highest BCUT2D eigenvalue weighted by molar-refractivity contribution is 9.10. The van der Waals surface area contributed by atoms with Gasteiger partial charge in [0.25, 0.3) is 5.91 Å². The van der Waals surface area contributed by atoms with E-state index in [0.29, 0.717) is 18.7 Å². The topological polar surface area (TPSA) is 59.8 Å². The Bertz CT molecular complexity index is 498. The molecule has 0 bridgehead atoms. The summed E-state index contributed by atoms with van der Waals surface area (Å²) in [5, 5.41) is 10.3. The van der Waals surface area contributed by atoms with Crippen LogP contribution in [0.15, 0.2) is 41.1 Å². The quantitative estimate of drug-likeness (QED) is 0.929. The van der Waals surface area contributed by atoms with E-state index in [1.165, 1.54) is 0 Å². The van der Waals surface area contributed by atoms with E-state index in [1.54, 1.807) is 23.1 Å². The molecule has 0 atom stereocenters. The van der Waals surface area contributed by atoms with Crippen LogP contribution in [0.5, 0.6) is 0 Å². The van der Waals surface area contributed by atoms with Crippen molar-refractivity contribution in [3.63, 3.8) is 0 Å². The smallest absolute Gasteiger partial charge is 0.252 e. The average Bonchev–Trinajstić information content (AvgIpc) is 2.82. The third kappa shape index (κ3) is 3.13. The molecule has 0 saturated heterocycles. The van der Waals surface area contributed by atoms with Gasteiger partial charge in [0, 0.05) is 17.2 Å². The molecule has 0 spiro atoms. The van der Waals surface area contributed by atoms with Crippen LogP contribution in [0.25, 0.3) is 0 Å². The lowest BCUT2D eigenvalue weighted by molar-refractivity contribution is 0.0951.